The lowest BCUT2D eigenvalue weighted by atomic mass is 9.87. The Morgan fingerprint density at radius 1 is 1.04 bits per heavy atom. The van der Waals surface area contributed by atoms with E-state index in [1.807, 2.05) is 42.5 Å². The van der Waals surface area contributed by atoms with Crippen molar-refractivity contribution in [2.45, 2.75) is 18.5 Å². The van der Waals surface area contributed by atoms with E-state index in [-0.39, 0.29) is 12.4 Å². The van der Waals surface area contributed by atoms with E-state index >= 15 is 0 Å². The predicted molar refractivity (Wildman–Crippen MR) is 104 cm³/mol. The molecule has 2 aliphatic heterocycles. The highest BCUT2D eigenvalue weighted by Crippen LogP contribution is 2.32. The topological polar surface area (TPSA) is 86.0 Å². The van der Waals surface area contributed by atoms with Crippen LogP contribution >= 0.6 is 12.4 Å². The van der Waals surface area contributed by atoms with Gasteiger partial charge in [-0.05, 0) is 43.2 Å². The van der Waals surface area contributed by atoms with Gasteiger partial charge in [0.1, 0.15) is 5.52 Å². The number of aromatic nitrogens is 1. The minimum atomic E-state index is -0.563. The zero-order valence-corrected chi connectivity index (χ0v) is 15.6. The average molecular weight is 385 g/mol. The standard InChI is InChI=1S/C20H20N4O2.ClH/c21-12-20(14-7-9-25-10-8-14)23-15-6-5-13(11-17(15)24-20)19-22-16-3-1-2-4-18(16)26-19;/h1-6,11,14H,7-10,12,21H2;1H. The highest BCUT2D eigenvalue weighted by Gasteiger charge is 2.39. The van der Waals surface area contributed by atoms with Crippen LogP contribution in [0.15, 0.2) is 56.9 Å². The fourth-order valence-electron chi connectivity index (χ4n) is 3.88. The molecule has 1 fully saturated rings. The van der Waals surface area contributed by atoms with Gasteiger partial charge in [0.25, 0.3) is 0 Å². The Kier molecular flexibility index (Phi) is 4.72. The number of nitrogens with two attached hydrogens (primary N) is 1. The molecule has 2 aliphatic rings. The van der Waals surface area contributed by atoms with Crippen molar-refractivity contribution in [3.8, 4) is 11.5 Å². The first-order valence-electron chi connectivity index (χ1n) is 9.01. The first-order chi connectivity index (χ1) is 12.8. The Balaban J connectivity index is 0.00000180. The molecule has 1 atom stereocenters. The summed E-state index contributed by atoms with van der Waals surface area (Å²) in [4.78, 5) is 14.4. The monoisotopic (exact) mass is 384 g/mol. The van der Waals surface area contributed by atoms with Crippen molar-refractivity contribution < 1.29 is 9.15 Å². The number of benzene rings is 2. The summed E-state index contributed by atoms with van der Waals surface area (Å²) in [6.07, 6.45) is 1.88. The third-order valence-electron chi connectivity index (χ3n) is 5.32. The fraction of sp³-hybridized carbons (Fsp3) is 0.350. The highest BCUT2D eigenvalue weighted by atomic mass is 35.5. The quantitative estimate of drug-likeness (QED) is 0.750. The molecule has 1 saturated heterocycles. The summed E-state index contributed by atoms with van der Waals surface area (Å²) in [5.74, 6) is 0.918. The van der Waals surface area contributed by atoms with Gasteiger partial charge in [0.15, 0.2) is 11.2 Å². The molecule has 1 aromatic heterocycles. The summed E-state index contributed by atoms with van der Waals surface area (Å²) in [6, 6.07) is 13.7. The number of hydrogen-bond acceptors (Lipinski definition) is 6. The first-order valence-corrected chi connectivity index (χ1v) is 9.01. The fourth-order valence-corrected chi connectivity index (χ4v) is 3.88. The molecule has 0 saturated carbocycles. The molecule has 27 heavy (non-hydrogen) atoms. The Morgan fingerprint density at radius 3 is 2.59 bits per heavy atom. The molecule has 0 bridgehead atoms. The highest BCUT2D eigenvalue weighted by molar-refractivity contribution is 5.85. The molecule has 0 aliphatic carbocycles. The van der Waals surface area contributed by atoms with Crippen molar-refractivity contribution in [1.29, 1.82) is 0 Å². The Hall–Kier alpha value is -2.28. The van der Waals surface area contributed by atoms with Crippen LogP contribution in [0.25, 0.3) is 22.6 Å². The van der Waals surface area contributed by atoms with Crippen molar-refractivity contribution in [3.05, 3.63) is 53.2 Å². The predicted octanol–water partition coefficient (Wildman–Crippen LogP) is 2.25. The van der Waals surface area contributed by atoms with Crippen LogP contribution < -0.4 is 16.4 Å². The molecule has 5 rings (SSSR count). The summed E-state index contributed by atoms with van der Waals surface area (Å²) < 4.78 is 11.4. The van der Waals surface area contributed by atoms with E-state index in [0.717, 1.165) is 53.4 Å². The second kappa shape index (κ2) is 7.03. The number of para-hydroxylation sites is 2. The van der Waals surface area contributed by atoms with E-state index in [1.165, 1.54) is 0 Å². The van der Waals surface area contributed by atoms with Gasteiger partial charge in [-0.2, -0.15) is 0 Å². The number of oxazole rings is 1. The molecular formula is C20H21ClN4O2. The van der Waals surface area contributed by atoms with Gasteiger partial charge in [-0.1, -0.05) is 12.1 Å². The number of nitrogens with zero attached hydrogens (tertiary/aromatic N) is 3. The third kappa shape index (κ3) is 3.04. The maximum atomic E-state index is 6.12. The van der Waals surface area contributed by atoms with Crippen LogP contribution in [0, 0.1) is 5.92 Å². The summed E-state index contributed by atoms with van der Waals surface area (Å²) in [5.41, 5.74) is 8.09. The zero-order valence-electron chi connectivity index (χ0n) is 14.8. The van der Waals surface area contributed by atoms with Gasteiger partial charge < -0.3 is 14.9 Å². The van der Waals surface area contributed by atoms with E-state index in [2.05, 4.69) is 4.98 Å². The van der Waals surface area contributed by atoms with E-state index in [0.29, 0.717) is 18.4 Å². The molecule has 3 aromatic rings. The van der Waals surface area contributed by atoms with Gasteiger partial charge in [-0.3, -0.25) is 9.98 Å². The zero-order chi connectivity index (χ0) is 17.6. The number of hydrogen-bond donors (Lipinski definition) is 1. The van der Waals surface area contributed by atoms with Crippen molar-refractivity contribution in [2.24, 2.45) is 21.6 Å². The number of ether oxygens (including phenoxy) is 1. The van der Waals surface area contributed by atoms with Gasteiger partial charge in [0.05, 0.1) is 10.7 Å². The molecule has 1 unspecified atom stereocenters. The van der Waals surface area contributed by atoms with Crippen LogP contribution in [0.2, 0.25) is 0 Å². The summed E-state index contributed by atoms with van der Waals surface area (Å²) >= 11 is 0. The SMILES string of the molecule is Cl.NCC1(C2CCOCC2)N=c2ccc(-c3nc4ccccc4o3)cc2=N1. The van der Waals surface area contributed by atoms with Gasteiger partial charge >= 0.3 is 0 Å². The second-order valence-corrected chi connectivity index (χ2v) is 6.88. The van der Waals surface area contributed by atoms with E-state index in [9.17, 15) is 0 Å². The molecule has 2 aromatic carbocycles. The Bertz CT molecular complexity index is 1060. The van der Waals surface area contributed by atoms with Gasteiger partial charge in [0.2, 0.25) is 5.89 Å². The Morgan fingerprint density at radius 2 is 1.81 bits per heavy atom. The number of fused-ring (bicyclic) bond motifs is 2. The van der Waals surface area contributed by atoms with Crippen LogP contribution in [0.4, 0.5) is 0 Å². The molecule has 3 heterocycles. The molecule has 0 amide bonds. The van der Waals surface area contributed by atoms with Crippen LogP contribution in [0.3, 0.4) is 0 Å². The lowest BCUT2D eigenvalue weighted by Crippen LogP contribution is -2.43. The first kappa shape index (κ1) is 18.1. The van der Waals surface area contributed by atoms with Crippen LogP contribution in [-0.2, 0) is 4.74 Å². The van der Waals surface area contributed by atoms with Crippen LogP contribution in [0.1, 0.15) is 12.8 Å². The van der Waals surface area contributed by atoms with Gasteiger partial charge in [-0.25, -0.2) is 4.98 Å². The molecule has 0 radical (unpaired) electrons. The Labute approximate surface area is 162 Å². The molecule has 140 valence electrons. The minimum Gasteiger partial charge on any atom is -0.436 e. The molecule has 6 nitrogen and oxygen atoms in total. The van der Waals surface area contributed by atoms with Crippen molar-refractivity contribution in [3.63, 3.8) is 0 Å². The van der Waals surface area contributed by atoms with Gasteiger partial charge in [0, 0.05) is 31.2 Å². The van der Waals surface area contributed by atoms with Crippen molar-refractivity contribution in [1.82, 2.24) is 4.98 Å². The molecule has 0 spiro atoms. The van der Waals surface area contributed by atoms with Crippen molar-refractivity contribution >= 4 is 23.5 Å². The largest absolute Gasteiger partial charge is 0.436 e. The van der Waals surface area contributed by atoms with E-state index in [1.54, 1.807) is 0 Å². The minimum absolute atomic E-state index is 0. The lowest BCUT2D eigenvalue weighted by molar-refractivity contribution is 0.0418. The van der Waals surface area contributed by atoms with Crippen LogP contribution in [-0.4, -0.2) is 30.4 Å². The van der Waals surface area contributed by atoms with Crippen molar-refractivity contribution in [2.75, 3.05) is 19.8 Å². The second-order valence-electron chi connectivity index (χ2n) is 6.88. The lowest BCUT2D eigenvalue weighted by Gasteiger charge is -2.34. The molecular weight excluding hydrogens is 364 g/mol. The molecule has 2 N–H and O–H groups in total. The number of halogens is 1. The smallest absolute Gasteiger partial charge is 0.227 e. The normalized spacial score (nSPS) is 22.0. The summed E-state index contributed by atoms with van der Waals surface area (Å²) in [6.45, 7) is 1.91. The maximum Gasteiger partial charge on any atom is 0.227 e. The third-order valence-corrected chi connectivity index (χ3v) is 5.32. The van der Waals surface area contributed by atoms with E-state index < -0.39 is 5.66 Å². The van der Waals surface area contributed by atoms with E-state index in [4.69, 9.17) is 24.9 Å². The summed E-state index contributed by atoms with van der Waals surface area (Å²) in [5, 5.41) is 1.75. The number of rotatable bonds is 3. The van der Waals surface area contributed by atoms with Gasteiger partial charge in [-0.15, -0.1) is 12.4 Å². The van der Waals surface area contributed by atoms with Crippen LogP contribution in [0.5, 0.6) is 0 Å². The molecule has 7 heteroatoms. The summed E-state index contributed by atoms with van der Waals surface area (Å²) in [7, 11) is 0. The average Bonchev–Trinajstić information content (AvgIpc) is 3.30. The maximum absolute atomic E-state index is 6.12.